The number of aliphatic hydroxyl groups is 1. The number of alkyl halides is 1. The van der Waals surface area contributed by atoms with Crippen LogP contribution in [0, 0.1) is 5.92 Å². The normalized spacial score (nSPS) is 14.9. The highest BCUT2D eigenvalue weighted by Crippen LogP contribution is 2.62. The second-order valence-corrected chi connectivity index (χ2v) is 92.9. The van der Waals surface area contributed by atoms with Crippen molar-refractivity contribution in [3.05, 3.63) is 103 Å². The van der Waals surface area contributed by atoms with Crippen molar-refractivity contribution in [3.8, 4) is 0 Å². The zero-order valence-electron chi connectivity index (χ0n) is 81.6. The fourth-order valence-corrected chi connectivity index (χ4v) is 33.0. The number of hydrogen-bond acceptors (Lipinski definition) is 2. The molecule has 656 valence electrons. The van der Waals surface area contributed by atoms with Crippen LogP contribution in [0.15, 0.2) is 103 Å². The second-order valence-electron chi connectivity index (χ2n) is 40.4. The lowest BCUT2D eigenvalue weighted by Gasteiger charge is -2.28. The highest BCUT2D eigenvalue weighted by atomic mass is 35.5. The van der Waals surface area contributed by atoms with Crippen LogP contribution in [-0.4, -0.2) is 277 Å². The SMILES string of the molecule is C=C[P+]1(C)CCCC1.CCCCCCCCCCCC[P+](C)(C)C.CCCC[P+](C)(CCCC)CCCC.CCC[P+](C)(C)C.CC[P+](C)(C)CCCl.CC[P+](C)(CC)CC1CCCCC1.COC[P+](C)(C)C.C[P+](C)(C)C.C[P+](C)(C)CO.C[P+](c1ccccc1)(c1ccccc1)c1ccccc1.C[P+]1(C)CCCC1. The molecule has 14 heteroatoms. The molecular formula is C97H205ClO2P11+11. The molecule has 111 heavy (non-hydrogen) atoms. The van der Waals surface area contributed by atoms with Crippen LogP contribution < -0.4 is 15.9 Å². The summed E-state index contributed by atoms with van der Waals surface area (Å²) in [5, 5.41) is 12.7. The monoisotopic (exact) mass is 1780 g/mol. The molecule has 2 saturated heterocycles. The summed E-state index contributed by atoms with van der Waals surface area (Å²) in [5.74, 6) is 4.17. The minimum atomic E-state index is -1.53. The molecule has 3 aliphatic rings. The van der Waals surface area contributed by atoms with Gasteiger partial charge in [-0.1, -0.05) is 186 Å². The molecule has 2 heterocycles. The first-order valence-electron chi connectivity index (χ1n) is 45.0. The van der Waals surface area contributed by atoms with Gasteiger partial charge < -0.3 is 9.84 Å². The number of benzene rings is 3. The molecule has 2 aliphatic heterocycles. The van der Waals surface area contributed by atoms with Crippen LogP contribution in [0.2, 0.25) is 0 Å². The summed E-state index contributed by atoms with van der Waals surface area (Å²) in [6.45, 7) is 78.9. The minimum Gasteiger partial charge on any atom is -0.362 e. The third-order valence-electron chi connectivity index (χ3n) is 21.3. The Kier molecular flexibility index (Phi) is 77.6. The van der Waals surface area contributed by atoms with Crippen LogP contribution in [0.3, 0.4) is 0 Å². The Morgan fingerprint density at radius 2 is 0.730 bits per heavy atom. The Hall–Kier alpha value is 2.34. The fourth-order valence-electron chi connectivity index (χ4n) is 13.0. The van der Waals surface area contributed by atoms with Gasteiger partial charge in [0.25, 0.3) is 0 Å². The van der Waals surface area contributed by atoms with Crippen molar-refractivity contribution < 1.29 is 9.84 Å². The number of halogens is 1. The van der Waals surface area contributed by atoms with Crippen molar-refractivity contribution in [3.63, 3.8) is 0 Å². The first-order valence-corrected chi connectivity index (χ1v) is 79.0. The van der Waals surface area contributed by atoms with Crippen molar-refractivity contribution in [2.24, 2.45) is 5.92 Å². The fraction of sp³-hybridized carbons (Fsp3) is 0.794. The second kappa shape index (κ2) is 70.7. The molecule has 0 bridgehead atoms. The minimum absolute atomic E-state index is 0.293. The molecule has 6 rings (SSSR count). The van der Waals surface area contributed by atoms with Gasteiger partial charge in [0.05, 0.1) is 151 Å². The number of methoxy groups -OCH3 is 1. The topological polar surface area (TPSA) is 29.5 Å². The average Bonchev–Trinajstić information content (AvgIpc) is 1.23. The molecule has 3 fully saturated rings. The average molecular weight is 1780 g/mol. The zero-order chi connectivity index (χ0) is 86.2. The van der Waals surface area contributed by atoms with Gasteiger partial charge in [0.15, 0.2) is 12.7 Å². The molecular weight excluding hydrogens is 1570 g/mol. The van der Waals surface area contributed by atoms with Crippen molar-refractivity contribution in [1.82, 2.24) is 0 Å². The van der Waals surface area contributed by atoms with E-state index in [1.165, 1.54) is 232 Å². The number of ether oxygens (including phenoxy) is 1. The largest absolute Gasteiger partial charge is 0.362 e. The molecule has 3 aromatic carbocycles. The van der Waals surface area contributed by atoms with Crippen LogP contribution in [-0.2, 0) is 4.74 Å². The molecule has 1 saturated carbocycles. The Balaban J connectivity index is -0.000000382. The number of aliphatic hydroxyl groups excluding tert-OH is 1. The summed E-state index contributed by atoms with van der Waals surface area (Å²) >= 11 is 5.59. The molecule has 0 amide bonds. The summed E-state index contributed by atoms with van der Waals surface area (Å²) in [6.07, 6.45) is 60.2. The van der Waals surface area contributed by atoms with E-state index in [2.05, 4.69) is 319 Å². The maximum atomic E-state index is 8.45. The Bertz CT molecular complexity index is 2320. The number of unbranched alkanes of at least 4 members (excludes halogenated alkanes) is 12. The maximum absolute atomic E-state index is 8.45. The van der Waals surface area contributed by atoms with E-state index in [0.717, 1.165) is 18.1 Å². The molecule has 0 aromatic heterocycles. The first kappa shape index (κ1) is 122. The lowest BCUT2D eigenvalue weighted by atomic mass is 9.91. The van der Waals surface area contributed by atoms with Crippen molar-refractivity contribution in [2.75, 3.05) is 272 Å². The van der Waals surface area contributed by atoms with Gasteiger partial charge >= 0.3 is 0 Å². The summed E-state index contributed by atoms with van der Waals surface area (Å²) in [6, 6.07) is 32.6. The summed E-state index contributed by atoms with van der Waals surface area (Å²) in [4.78, 5) is 0. The molecule has 0 spiro atoms. The van der Waals surface area contributed by atoms with Gasteiger partial charge in [-0.25, -0.2) is 0 Å². The van der Waals surface area contributed by atoms with Crippen molar-refractivity contribution >= 4 is 107 Å². The first-order chi connectivity index (χ1) is 51.5. The van der Waals surface area contributed by atoms with Crippen molar-refractivity contribution in [1.29, 1.82) is 0 Å². The van der Waals surface area contributed by atoms with E-state index in [9.17, 15) is 0 Å². The molecule has 2 nitrogen and oxygen atoms in total. The summed E-state index contributed by atoms with van der Waals surface area (Å²) < 4.78 is 4.96. The third-order valence-corrected chi connectivity index (χ3v) is 49.5. The van der Waals surface area contributed by atoms with Gasteiger partial charge in [-0.15, -0.1) is 11.6 Å². The smallest absolute Gasteiger partial charge is 0.155 e. The van der Waals surface area contributed by atoms with Crippen LogP contribution in [0.25, 0.3) is 0 Å². The lowest BCUT2D eigenvalue weighted by Crippen LogP contribution is -2.30. The molecule has 0 atom stereocenters. The predicted octanol–water partition coefficient (Wildman–Crippen LogP) is 32.0. The summed E-state index contributed by atoms with van der Waals surface area (Å²) in [5.41, 5.74) is 0. The Labute approximate surface area is 715 Å². The van der Waals surface area contributed by atoms with Crippen LogP contribution in [0.1, 0.15) is 222 Å². The standard InChI is InChI=1S/C19H18P.C15H34P.C13H30P.C12H26P.C7H14P.C6H15ClP.C6H14P.C6H16P.C5H14OP.C4H12OP.C4H12P/c1-20(17-11-5-2-6-12-17,18-13-7-3-8-14-18)19-15-9-4-10-16-19;1-5-6-7-8-9-10-11-12-13-14-15-16(2,3)4;1-5-8-11-14(4,12-9-6-2)13-10-7-3;1-4-13(3,5-2)11-12-9-7-6-8-10-12;1-3-8(2)6-4-5-7-8;1-4-8(2,3)6-5-7;1-7(2)5-3-4-6-7;1-5-6-7(2,3)4;1-6-5-7(2,3)4;1-6(2,3)4-5;1-5(2,3)4/h2-16H,1H3;5-15H2,1-4H3;5-13H2,1-4H3;12H,4-11H2,1-3H3;3H,1,4-7H2,2H3;4-6H2,1-3H3;3-6H2,1-2H3;5-6H2,1-4H3;5H2,1-4H3;5H,4H2,1-3H3;1-4H3/q11*+1. The summed E-state index contributed by atoms with van der Waals surface area (Å²) in [7, 11) is -4.95. The highest BCUT2D eigenvalue weighted by Gasteiger charge is 2.40. The van der Waals surface area contributed by atoms with E-state index < -0.39 is 65.4 Å². The van der Waals surface area contributed by atoms with Crippen LogP contribution in [0.5, 0.6) is 0 Å². The quantitative estimate of drug-likeness (QED) is 0.0357. The van der Waals surface area contributed by atoms with Crippen LogP contribution >= 0.6 is 91.5 Å². The highest BCUT2D eigenvalue weighted by molar-refractivity contribution is 7.95. The number of rotatable bonds is 36. The van der Waals surface area contributed by atoms with E-state index in [1.54, 1.807) is 44.1 Å². The molecule has 0 radical (unpaired) electrons. The van der Waals surface area contributed by atoms with Gasteiger partial charge in [0.1, 0.15) is 23.2 Å². The molecule has 3 aromatic rings. The Morgan fingerprint density at radius 1 is 0.396 bits per heavy atom. The Morgan fingerprint density at radius 3 is 0.946 bits per heavy atom. The van der Waals surface area contributed by atoms with E-state index in [0.29, 0.717) is 6.35 Å². The van der Waals surface area contributed by atoms with Gasteiger partial charge in [-0.05, 0) is 140 Å². The van der Waals surface area contributed by atoms with Gasteiger partial charge in [0.2, 0.25) is 0 Å². The van der Waals surface area contributed by atoms with Gasteiger partial charge in [-0.2, -0.15) is 0 Å². The maximum Gasteiger partial charge on any atom is 0.155 e. The molecule has 1 aliphatic carbocycles. The van der Waals surface area contributed by atoms with E-state index >= 15 is 0 Å². The molecule has 1 N–H and O–H groups in total. The van der Waals surface area contributed by atoms with Gasteiger partial charge in [0, 0.05) is 186 Å². The van der Waals surface area contributed by atoms with Gasteiger partial charge in [-0.3, -0.25) is 0 Å². The number of hydrogen-bond donors (Lipinski definition) is 1. The van der Waals surface area contributed by atoms with E-state index in [-0.39, 0.29) is 14.5 Å². The van der Waals surface area contributed by atoms with E-state index in [1.807, 2.05) is 0 Å². The van der Waals surface area contributed by atoms with Crippen LogP contribution in [0.4, 0.5) is 0 Å². The lowest BCUT2D eigenvalue weighted by molar-refractivity contribution is 0.254. The molecule has 0 unspecified atom stereocenters. The third kappa shape index (κ3) is 80.5. The zero-order valence-corrected chi connectivity index (χ0v) is 92.2. The van der Waals surface area contributed by atoms with Crippen molar-refractivity contribution in [2.45, 2.75) is 222 Å². The predicted molar refractivity (Wildman–Crippen MR) is 573 cm³/mol. The van der Waals surface area contributed by atoms with E-state index in [4.69, 9.17) is 21.4 Å².